The third-order valence-corrected chi connectivity index (χ3v) is 6.95. The zero-order valence-electron chi connectivity index (χ0n) is 25.2. The Morgan fingerprint density at radius 2 is 1.38 bits per heavy atom. The molecule has 1 aliphatic heterocycles. The topological polar surface area (TPSA) is 74.2 Å². The van der Waals surface area contributed by atoms with Gasteiger partial charge in [0, 0.05) is 24.0 Å². The normalized spacial score (nSPS) is 15.5. The van der Waals surface area contributed by atoms with E-state index in [2.05, 4.69) is 41.5 Å². The van der Waals surface area contributed by atoms with Crippen LogP contribution in [0.15, 0.2) is 65.7 Å². The summed E-state index contributed by atoms with van der Waals surface area (Å²) in [5, 5.41) is 0. The van der Waals surface area contributed by atoms with E-state index in [0.717, 1.165) is 17.5 Å². The number of carbonyl (C=O) groups excluding carboxylic acids is 2. The van der Waals surface area contributed by atoms with Crippen molar-refractivity contribution in [3.8, 4) is 0 Å². The third kappa shape index (κ3) is 9.97. The fourth-order valence-corrected chi connectivity index (χ4v) is 5.34. The van der Waals surface area contributed by atoms with Crippen LogP contribution in [0.1, 0.15) is 91.2 Å². The molecule has 0 N–H and O–H groups in total. The quantitative estimate of drug-likeness (QED) is 0.207. The molecule has 6 nitrogen and oxygen atoms in total. The monoisotopic (exact) mass is 549 g/mol. The van der Waals surface area contributed by atoms with Crippen LogP contribution in [0.25, 0.3) is 0 Å². The first kappa shape index (κ1) is 31.7. The fourth-order valence-electron chi connectivity index (χ4n) is 5.34. The summed E-state index contributed by atoms with van der Waals surface area (Å²) in [6.45, 7) is 13.9. The molecule has 0 amide bonds. The highest BCUT2D eigenvalue weighted by Crippen LogP contribution is 2.36. The molecule has 0 bridgehead atoms. The van der Waals surface area contributed by atoms with E-state index in [9.17, 15) is 9.59 Å². The van der Waals surface area contributed by atoms with E-state index >= 15 is 0 Å². The third-order valence-electron chi connectivity index (χ3n) is 6.95. The molecule has 0 radical (unpaired) electrons. The van der Waals surface area contributed by atoms with Gasteiger partial charge in [-0.3, -0.25) is 9.79 Å². The highest BCUT2D eigenvalue weighted by molar-refractivity contribution is 6.13. The Balaban J connectivity index is 1.83. The Morgan fingerprint density at radius 3 is 1.88 bits per heavy atom. The van der Waals surface area contributed by atoms with Crippen LogP contribution in [-0.4, -0.2) is 49.1 Å². The van der Waals surface area contributed by atoms with Crippen molar-refractivity contribution >= 4 is 17.5 Å². The average molecular weight is 550 g/mol. The number of benzene rings is 2. The Labute approximate surface area is 240 Å². The number of carbonyl (C=O) groups is 2. The van der Waals surface area contributed by atoms with E-state index < -0.39 is 12.0 Å². The van der Waals surface area contributed by atoms with Gasteiger partial charge in [0.1, 0.15) is 17.9 Å². The molecule has 3 rings (SSSR count). The summed E-state index contributed by atoms with van der Waals surface area (Å²) in [4.78, 5) is 31.7. The lowest BCUT2D eigenvalue weighted by molar-refractivity contribution is -0.181. The Hall–Kier alpha value is -2.83. The van der Waals surface area contributed by atoms with E-state index in [4.69, 9.17) is 19.2 Å². The van der Waals surface area contributed by atoms with E-state index in [-0.39, 0.29) is 41.8 Å². The van der Waals surface area contributed by atoms with E-state index in [1.54, 1.807) is 0 Å². The minimum atomic E-state index is -0.809. The number of hydrogen-bond acceptors (Lipinski definition) is 6. The van der Waals surface area contributed by atoms with Crippen LogP contribution in [0.4, 0.5) is 0 Å². The number of nitrogens with zero attached hydrogens (tertiary/aromatic N) is 1. The lowest BCUT2D eigenvalue weighted by Crippen LogP contribution is -2.44. The van der Waals surface area contributed by atoms with Gasteiger partial charge in [0.2, 0.25) is 0 Å². The Morgan fingerprint density at radius 1 is 0.850 bits per heavy atom. The Kier molecular flexibility index (Phi) is 11.6. The molecule has 0 aliphatic carbocycles. The molecule has 1 fully saturated rings. The lowest BCUT2D eigenvalue weighted by atomic mass is 9.74. The number of hydrogen-bond donors (Lipinski definition) is 0. The first-order valence-electron chi connectivity index (χ1n) is 14.6. The van der Waals surface area contributed by atoms with Crippen LogP contribution in [0.2, 0.25) is 0 Å². The fraction of sp³-hybridized carbons (Fsp3) is 0.559. The van der Waals surface area contributed by atoms with Crippen molar-refractivity contribution in [3.05, 3.63) is 71.8 Å². The molecule has 0 unspecified atom stereocenters. The molecule has 0 aromatic heterocycles. The van der Waals surface area contributed by atoms with Gasteiger partial charge in [-0.05, 0) is 36.5 Å². The van der Waals surface area contributed by atoms with Crippen LogP contribution in [0.3, 0.4) is 0 Å². The second kappa shape index (κ2) is 14.7. The highest BCUT2D eigenvalue weighted by Gasteiger charge is 2.39. The minimum absolute atomic E-state index is 0.105. The van der Waals surface area contributed by atoms with Gasteiger partial charge < -0.3 is 14.2 Å². The molecule has 40 heavy (non-hydrogen) atoms. The summed E-state index contributed by atoms with van der Waals surface area (Å²) in [7, 11) is 0. The van der Waals surface area contributed by atoms with Crippen molar-refractivity contribution in [1.82, 2.24) is 0 Å². The Bertz CT molecular complexity index is 1040. The zero-order chi connectivity index (χ0) is 29.2. The summed E-state index contributed by atoms with van der Waals surface area (Å²) >= 11 is 0. The van der Waals surface area contributed by atoms with Crippen molar-refractivity contribution in [2.24, 2.45) is 15.8 Å². The standard InChI is InChI=1S/C34H47NO5/c1-33(2,3)32(34(4,5)6)40-31(37)28(22-21-27(36)19-13-20-29-38-23-14-24-39-29)35-30(25-15-9-7-10-16-25)26-17-11-8-12-18-26/h7-12,15-18,28-29,32H,13-14,19-24H2,1-6H3/t28-/m1/s1. The summed E-state index contributed by atoms with van der Waals surface area (Å²) in [5.74, 6) is -0.288. The number of aliphatic imine (C=N–C) groups is 1. The van der Waals surface area contributed by atoms with Crippen LogP contribution >= 0.6 is 0 Å². The average Bonchev–Trinajstić information content (AvgIpc) is 2.92. The first-order chi connectivity index (χ1) is 18.9. The van der Waals surface area contributed by atoms with E-state index in [0.29, 0.717) is 38.2 Å². The predicted molar refractivity (Wildman–Crippen MR) is 160 cm³/mol. The molecular formula is C34H47NO5. The van der Waals surface area contributed by atoms with Crippen molar-refractivity contribution in [3.63, 3.8) is 0 Å². The molecule has 2 aromatic carbocycles. The summed E-state index contributed by atoms with van der Waals surface area (Å²) < 4.78 is 17.4. The number of Topliss-reactive ketones (excluding diaryl/α,β-unsaturated/α-hetero) is 1. The van der Waals surface area contributed by atoms with Crippen molar-refractivity contribution in [2.75, 3.05) is 13.2 Å². The molecular weight excluding hydrogens is 502 g/mol. The lowest BCUT2D eigenvalue weighted by Gasteiger charge is -2.40. The number of ketones is 1. The van der Waals surface area contributed by atoms with Gasteiger partial charge in [0.15, 0.2) is 6.29 Å². The van der Waals surface area contributed by atoms with Gasteiger partial charge in [-0.2, -0.15) is 0 Å². The molecule has 0 saturated carbocycles. The number of esters is 1. The van der Waals surface area contributed by atoms with Gasteiger partial charge >= 0.3 is 5.97 Å². The first-order valence-corrected chi connectivity index (χ1v) is 14.6. The van der Waals surface area contributed by atoms with E-state index in [1.165, 1.54) is 0 Å². The van der Waals surface area contributed by atoms with Crippen LogP contribution in [-0.2, 0) is 23.8 Å². The van der Waals surface area contributed by atoms with Gasteiger partial charge in [0.25, 0.3) is 0 Å². The molecule has 2 aromatic rings. The molecule has 1 heterocycles. The predicted octanol–water partition coefficient (Wildman–Crippen LogP) is 7.18. The van der Waals surface area contributed by atoms with Crippen LogP contribution < -0.4 is 0 Å². The van der Waals surface area contributed by atoms with E-state index in [1.807, 2.05) is 60.7 Å². The largest absolute Gasteiger partial charge is 0.460 e. The molecule has 1 atom stereocenters. The van der Waals surface area contributed by atoms with Gasteiger partial charge in [-0.1, -0.05) is 102 Å². The molecule has 1 aliphatic rings. The molecule has 218 valence electrons. The molecule has 1 saturated heterocycles. The summed E-state index contributed by atoms with van der Waals surface area (Å²) in [5.41, 5.74) is 2.01. The molecule has 6 heteroatoms. The SMILES string of the molecule is CC(C)(C)C(OC(=O)[C@@H](CCC(=O)CCCC1OCCCO1)N=C(c1ccccc1)c1ccccc1)C(C)(C)C. The second-order valence-electron chi connectivity index (χ2n) is 12.8. The second-order valence-corrected chi connectivity index (χ2v) is 12.8. The van der Waals surface area contributed by atoms with Crippen molar-refractivity contribution in [2.45, 2.75) is 98.5 Å². The minimum Gasteiger partial charge on any atom is -0.460 e. The van der Waals surface area contributed by atoms with Gasteiger partial charge in [0.05, 0.1) is 18.9 Å². The van der Waals surface area contributed by atoms with Gasteiger partial charge in [-0.15, -0.1) is 0 Å². The number of ether oxygens (including phenoxy) is 3. The summed E-state index contributed by atoms with van der Waals surface area (Å²) in [6.07, 6.45) is 2.71. The van der Waals surface area contributed by atoms with Crippen LogP contribution in [0.5, 0.6) is 0 Å². The van der Waals surface area contributed by atoms with Gasteiger partial charge in [-0.25, -0.2) is 4.79 Å². The number of rotatable bonds is 12. The summed E-state index contributed by atoms with van der Waals surface area (Å²) in [6, 6.07) is 18.9. The van der Waals surface area contributed by atoms with Crippen molar-refractivity contribution in [1.29, 1.82) is 0 Å². The highest BCUT2D eigenvalue weighted by atomic mass is 16.7. The maximum absolute atomic E-state index is 13.8. The zero-order valence-corrected chi connectivity index (χ0v) is 25.2. The molecule has 0 spiro atoms. The van der Waals surface area contributed by atoms with Crippen molar-refractivity contribution < 1.29 is 23.8 Å². The van der Waals surface area contributed by atoms with Crippen LogP contribution in [0, 0.1) is 10.8 Å². The maximum Gasteiger partial charge on any atom is 0.331 e. The smallest absolute Gasteiger partial charge is 0.331 e. The maximum atomic E-state index is 13.8.